The topological polar surface area (TPSA) is 82.5 Å². The number of carbonyl (C=O) groups is 1. The summed E-state index contributed by atoms with van der Waals surface area (Å²) in [5, 5.41) is 21.1. The van der Waals surface area contributed by atoms with Crippen molar-refractivity contribution in [2.45, 2.75) is 32.4 Å². The normalized spacial score (nSPS) is 14.2. The molecule has 0 fully saturated rings. The Morgan fingerprint density at radius 2 is 2.25 bits per heavy atom. The lowest BCUT2D eigenvalue weighted by Crippen LogP contribution is -2.22. The van der Waals surface area contributed by atoms with Crippen molar-refractivity contribution in [2.24, 2.45) is 0 Å². The maximum atomic E-state index is 10.9. The molecule has 0 aliphatic carbocycles. The Morgan fingerprint density at radius 1 is 1.56 bits per heavy atom. The number of hydrogen-bond donors (Lipinski definition) is 3. The van der Waals surface area contributed by atoms with Crippen LogP contribution in [0.15, 0.2) is 18.3 Å². The van der Waals surface area contributed by atoms with Gasteiger partial charge in [0.25, 0.3) is 0 Å². The quantitative estimate of drug-likeness (QED) is 0.703. The zero-order chi connectivity index (χ0) is 12.1. The third kappa shape index (κ3) is 3.51. The molecule has 1 aromatic rings. The lowest BCUT2D eigenvalue weighted by Gasteiger charge is -2.17. The molecule has 2 unspecified atom stereocenters. The van der Waals surface area contributed by atoms with Gasteiger partial charge in [0.1, 0.15) is 0 Å². The second-order valence-corrected chi connectivity index (χ2v) is 3.83. The van der Waals surface area contributed by atoms with Gasteiger partial charge in [-0.2, -0.15) is 0 Å². The average Bonchev–Trinajstić information content (AvgIpc) is 2.16. The number of aliphatic hydroxyl groups excluding tert-OH is 1. The minimum absolute atomic E-state index is 0.0000529. The molecule has 2 atom stereocenters. The molecule has 3 N–H and O–H groups in total. The third-order valence-electron chi connectivity index (χ3n) is 2.11. The monoisotopic (exact) mass is 224 g/mol. The lowest BCUT2D eigenvalue weighted by atomic mass is 10.1. The van der Waals surface area contributed by atoms with Gasteiger partial charge in [0.15, 0.2) is 5.69 Å². The first-order valence-electron chi connectivity index (χ1n) is 5.13. The minimum atomic E-state index is -1.06. The molecule has 1 heterocycles. The highest BCUT2D eigenvalue weighted by Gasteiger charge is 2.13. The van der Waals surface area contributed by atoms with E-state index in [9.17, 15) is 9.90 Å². The summed E-state index contributed by atoms with van der Waals surface area (Å²) in [7, 11) is 0. The highest BCUT2D eigenvalue weighted by Crippen LogP contribution is 2.14. The molecule has 5 nitrogen and oxygen atoms in total. The van der Waals surface area contributed by atoms with Crippen LogP contribution in [0.4, 0.5) is 5.69 Å². The lowest BCUT2D eigenvalue weighted by molar-refractivity contribution is 0.0691. The highest BCUT2D eigenvalue weighted by molar-refractivity contribution is 5.91. The maximum absolute atomic E-state index is 10.9. The molecule has 1 rings (SSSR count). The fourth-order valence-electron chi connectivity index (χ4n) is 1.53. The van der Waals surface area contributed by atoms with E-state index in [-0.39, 0.29) is 11.7 Å². The molecule has 88 valence electrons. The molecule has 5 heteroatoms. The molecule has 0 aliphatic heterocycles. The van der Waals surface area contributed by atoms with E-state index in [4.69, 9.17) is 5.11 Å². The number of rotatable bonds is 5. The summed E-state index contributed by atoms with van der Waals surface area (Å²) in [4.78, 5) is 14.7. The fourth-order valence-corrected chi connectivity index (χ4v) is 1.53. The summed E-state index contributed by atoms with van der Waals surface area (Å²) in [5.74, 6) is -1.06. The molecule has 0 saturated heterocycles. The van der Waals surface area contributed by atoms with E-state index < -0.39 is 12.1 Å². The number of aromatic carboxylic acids is 1. The van der Waals surface area contributed by atoms with Gasteiger partial charge in [0.05, 0.1) is 11.8 Å². The number of carboxylic acids is 1. The van der Waals surface area contributed by atoms with Crippen LogP contribution in [0.25, 0.3) is 0 Å². The van der Waals surface area contributed by atoms with Crippen molar-refractivity contribution in [1.29, 1.82) is 0 Å². The SMILES string of the molecule is CC(O)CC(C)Nc1cccnc1C(=O)O. The minimum Gasteiger partial charge on any atom is -0.476 e. The van der Waals surface area contributed by atoms with Crippen LogP contribution in [0, 0.1) is 0 Å². The molecule has 0 saturated carbocycles. The van der Waals surface area contributed by atoms with E-state index in [0.29, 0.717) is 12.1 Å². The van der Waals surface area contributed by atoms with Crippen molar-refractivity contribution in [1.82, 2.24) is 4.98 Å². The first-order chi connectivity index (χ1) is 7.50. The summed E-state index contributed by atoms with van der Waals surface area (Å²) in [6.07, 6.45) is 1.56. The molecule has 16 heavy (non-hydrogen) atoms. The van der Waals surface area contributed by atoms with E-state index >= 15 is 0 Å². The Hall–Kier alpha value is -1.62. The summed E-state index contributed by atoms with van der Waals surface area (Å²) >= 11 is 0. The van der Waals surface area contributed by atoms with Crippen LogP contribution in [0.2, 0.25) is 0 Å². The van der Waals surface area contributed by atoms with Gasteiger partial charge in [0.2, 0.25) is 0 Å². The molecular formula is C11H16N2O3. The van der Waals surface area contributed by atoms with Crippen LogP contribution in [0.5, 0.6) is 0 Å². The summed E-state index contributed by atoms with van der Waals surface area (Å²) in [6, 6.07) is 3.32. The number of hydrogen-bond acceptors (Lipinski definition) is 4. The van der Waals surface area contributed by atoms with Crippen molar-refractivity contribution in [3.05, 3.63) is 24.0 Å². The van der Waals surface area contributed by atoms with Crippen molar-refractivity contribution >= 4 is 11.7 Å². The fraction of sp³-hybridized carbons (Fsp3) is 0.455. The Balaban J connectivity index is 2.76. The number of aliphatic hydroxyl groups is 1. The van der Waals surface area contributed by atoms with Gasteiger partial charge >= 0.3 is 5.97 Å². The van der Waals surface area contributed by atoms with Crippen LogP contribution in [0.1, 0.15) is 30.8 Å². The van der Waals surface area contributed by atoms with E-state index in [1.165, 1.54) is 6.20 Å². The number of carboxylic acid groups (broad SMARTS) is 1. The van der Waals surface area contributed by atoms with Gasteiger partial charge < -0.3 is 15.5 Å². The van der Waals surface area contributed by atoms with Gasteiger partial charge in [-0.05, 0) is 32.4 Å². The van der Waals surface area contributed by atoms with Gasteiger partial charge in [-0.3, -0.25) is 0 Å². The van der Waals surface area contributed by atoms with Crippen LogP contribution in [-0.4, -0.2) is 33.3 Å². The maximum Gasteiger partial charge on any atom is 0.356 e. The van der Waals surface area contributed by atoms with E-state index in [2.05, 4.69) is 10.3 Å². The van der Waals surface area contributed by atoms with Crippen molar-refractivity contribution < 1.29 is 15.0 Å². The zero-order valence-electron chi connectivity index (χ0n) is 9.34. The van der Waals surface area contributed by atoms with Crippen molar-refractivity contribution in [2.75, 3.05) is 5.32 Å². The predicted molar refractivity (Wildman–Crippen MR) is 60.6 cm³/mol. The number of nitrogens with one attached hydrogen (secondary N) is 1. The molecule has 0 amide bonds. The molecule has 0 radical (unpaired) electrons. The van der Waals surface area contributed by atoms with Gasteiger partial charge in [-0.25, -0.2) is 9.78 Å². The molecular weight excluding hydrogens is 208 g/mol. The Kier molecular flexibility index (Phi) is 4.25. The van der Waals surface area contributed by atoms with Crippen LogP contribution < -0.4 is 5.32 Å². The Bertz CT molecular complexity index is 366. The second kappa shape index (κ2) is 5.46. The predicted octanol–water partition coefficient (Wildman–Crippen LogP) is 1.35. The van der Waals surface area contributed by atoms with Crippen LogP contribution in [0.3, 0.4) is 0 Å². The largest absolute Gasteiger partial charge is 0.476 e. The Labute approximate surface area is 94.1 Å². The highest BCUT2D eigenvalue weighted by atomic mass is 16.4. The summed E-state index contributed by atoms with van der Waals surface area (Å²) < 4.78 is 0. The molecule has 0 aliphatic rings. The van der Waals surface area contributed by atoms with Crippen LogP contribution >= 0.6 is 0 Å². The third-order valence-corrected chi connectivity index (χ3v) is 2.11. The second-order valence-electron chi connectivity index (χ2n) is 3.83. The van der Waals surface area contributed by atoms with E-state index in [0.717, 1.165) is 0 Å². The van der Waals surface area contributed by atoms with Gasteiger partial charge in [-0.15, -0.1) is 0 Å². The summed E-state index contributed by atoms with van der Waals surface area (Å²) in [6.45, 7) is 3.57. The van der Waals surface area contributed by atoms with Crippen LogP contribution in [-0.2, 0) is 0 Å². The van der Waals surface area contributed by atoms with E-state index in [1.54, 1.807) is 19.1 Å². The smallest absolute Gasteiger partial charge is 0.356 e. The number of nitrogens with zero attached hydrogens (tertiary/aromatic N) is 1. The first-order valence-corrected chi connectivity index (χ1v) is 5.13. The average molecular weight is 224 g/mol. The summed E-state index contributed by atoms with van der Waals surface area (Å²) in [5.41, 5.74) is 0.475. The zero-order valence-corrected chi connectivity index (χ0v) is 9.34. The molecule has 0 aromatic carbocycles. The number of pyridine rings is 1. The van der Waals surface area contributed by atoms with Crippen molar-refractivity contribution in [3.8, 4) is 0 Å². The van der Waals surface area contributed by atoms with Gasteiger partial charge in [-0.1, -0.05) is 0 Å². The Morgan fingerprint density at radius 3 is 2.81 bits per heavy atom. The number of anilines is 1. The number of aromatic nitrogens is 1. The molecule has 1 aromatic heterocycles. The standard InChI is InChI=1S/C11H16N2O3/c1-7(6-8(2)14)13-9-4-3-5-12-10(9)11(15)16/h3-5,7-8,13-14H,6H2,1-2H3,(H,15,16). The van der Waals surface area contributed by atoms with Crippen molar-refractivity contribution in [3.63, 3.8) is 0 Å². The van der Waals surface area contributed by atoms with E-state index in [1.807, 2.05) is 6.92 Å². The molecule has 0 bridgehead atoms. The first kappa shape index (κ1) is 12.4. The van der Waals surface area contributed by atoms with Gasteiger partial charge in [0, 0.05) is 12.2 Å². The molecule has 0 spiro atoms.